The van der Waals surface area contributed by atoms with Gasteiger partial charge in [0.05, 0.1) is 15.9 Å². The van der Waals surface area contributed by atoms with Crippen molar-refractivity contribution in [3.8, 4) is 56.8 Å². The smallest absolute Gasteiger partial charge is 0.164 e. The summed E-state index contributed by atoms with van der Waals surface area (Å²) < 4.78 is 4.63. The number of hydrogen-bond donors (Lipinski definition) is 0. The minimum absolute atomic E-state index is 0.642. The van der Waals surface area contributed by atoms with Crippen molar-refractivity contribution in [2.24, 2.45) is 0 Å². The molecule has 0 amide bonds. The van der Waals surface area contributed by atoms with Crippen LogP contribution in [0.25, 0.3) is 97.3 Å². The maximum atomic E-state index is 5.28. The first-order valence-electron chi connectivity index (χ1n) is 16.3. The number of benzene rings is 6. The number of nitrogens with zero attached hydrogens (tertiary/aromatic N) is 5. The molecule has 0 aliphatic rings. The van der Waals surface area contributed by atoms with Gasteiger partial charge in [0.15, 0.2) is 23.3 Å². The van der Waals surface area contributed by atoms with E-state index in [1.165, 1.54) is 15.5 Å². The van der Waals surface area contributed by atoms with Crippen LogP contribution in [0.3, 0.4) is 0 Å². The van der Waals surface area contributed by atoms with Gasteiger partial charge in [-0.25, -0.2) is 24.9 Å². The summed E-state index contributed by atoms with van der Waals surface area (Å²) in [5, 5.41) is 3.52. The second-order valence-electron chi connectivity index (χ2n) is 12.1. The molecule has 0 radical (unpaired) electrons. The van der Waals surface area contributed by atoms with E-state index in [9.17, 15) is 0 Å². The van der Waals surface area contributed by atoms with Crippen LogP contribution >= 0.6 is 22.7 Å². The van der Waals surface area contributed by atoms with Crippen molar-refractivity contribution < 1.29 is 0 Å². The number of aromatic nitrogens is 5. The van der Waals surface area contributed by atoms with Crippen LogP contribution < -0.4 is 0 Å². The lowest BCUT2D eigenvalue weighted by atomic mass is 10.1. The number of rotatable bonds is 5. The van der Waals surface area contributed by atoms with Gasteiger partial charge in [-0.1, -0.05) is 133 Å². The second kappa shape index (κ2) is 11.8. The highest BCUT2D eigenvalue weighted by molar-refractivity contribution is 7.26. The van der Waals surface area contributed by atoms with Crippen molar-refractivity contribution >= 4 is 63.1 Å². The molecule has 0 spiro atoms. The quantitative estimate of drug-likeness (QED) is 0.182. The molecule has 0 atom stereocenters. The van der Waals surface area contributed by atoms with Crippen molar-refractivity contribution in [1.29, 1.82) is 0 Å². The summed E-state index contributed by atoms with van der Waals surface area (Å²) in [4.78, 5) is 25.4. The fourth-order valence-corrected chi connectivity index (χ4v) is 8.96. The molecule has 4 heterocycles. The van der Waals surface area contributed by atoms with E-state index in [0.717, 1.165) is 64.3 Å². The molecule has 5 nitrogen and oxygen atoms in total. The number of thiophene rings is 2. The van der Waals surface area contributed by atoms with Crippen LogP contribution in [0.15, 0.2) is 152 Å². The molecule has 0 aliphatic carbocycles. The number of fused-ring (bicyclic) bond motifs is 6. The van der Waals surface area contributed by atoms with Gasteiger partial charge in [-0.2, -0.15) is 0 Å². The third-order valence-corrected chi connectivity index (χ3v) is 11.3. The lowest BCUT2D eigenvalue weighted by Gasteiger charge is -2.08. The Bertz CT molecular complexity index is 2810. The van der Waals surface area contributed by atoms with Gasteiger partial charge >= 0.3 is 0 Å². The molecule has 7 heteroatoms. The first-order chi connectivity index (χ1) is 24.8. The first kappa shape index (κ1) is 28.8. The lowest BCUT2D eigenvalue weighted by Crippen LogP contribution is -1.99. The maximum absolute atomic E-state index is 5.28. The normalized spacial score (nSPS) is 11.6. The zero-order chi connectivity index (χ0) is 33.0. The minimum atomic E-state index is 0.642. The van der Waals surface area contributed by atoms with Crippen molar-refractivity contribution in [3.63, 3.8) is 0 Å². The Morgan fingerprint density at radius 3 is 1.62 bits per heavy atom. The molecule has 0 saturated carbocycles. The summed E-state index contributed by atoms with van der Waals surface area (Å²) in [5.41, 5.74) is 6.91. The lowest BCUT2D eigenvalue weighted by molar-refractivity contribution is 1.07. The van der Waals surface area contributed by atoms with Gasteiger partial charge in [0.1, 0.15) is 0 Å². The summed E-state index contributed by atoms with van der Waals surface area (Å²) in [7, 11) is 0. The van der Waals surface area contributed by atoms with E-state index in [-0.39, 0.29) is 0 Å². The zero-order valence-corrected chi connectivity index (χ0v) is 28.1. The Labute approximate surface area is 295 Å². The van der Waals surface area contributed by atoms with Crippen LogP contribution in [0.2, 0.25) is 0 Å². The van der Waals surface area contributed by atoms with Crippen molar-refractivity contribution in [3.05, 3.63) is 152 Å². The molecule has 0 bridgehead atoms. The molecule has 4 aromatic heterocycles. The fourth-order valence-electron chi connectivity index (χ4n) is 6.55. The third-order valence-electron chi connectivity index (χ3n) is 8.96. The molecular formula is C43H25N5S2. The molecule has 0 fully saturated rings. The Morgan fingerprint density at radius 1 is 0.340 bits per heavy atom. The van der Waals surface area contributed by atoms with Crippen LogP contribution in [0.4, 0.5) is 0 Å². The third kappa shape index (κ3) is 4.86. The highest BCUT2D eigenvalue weighted by Crippen LogP contribution is 2.43. The summed E-state index contributed by atoms with van der Waals surface area (Å²) >= 11 is 3.51. The monoisotopic (exact) mass is 675 g/mol. The van der Waals surface area contributed by atoms with Crippen LogP contribution in [0, 0.1) is 0 Å². The second-order valence-corrected chi connectivity index (χ2v) is 14.2. The fraction of sp³-hybridized carbons (Fsp3) is 0. The first-order valence-corrected chi connectivity index (χ1v) is 18.0. The molecular weight excluding hydrogens is 651 g/mol. The van der Waals surface area contributed by atoms with Gasteiger partial charge in [-0.3, -0.25) is 0 Å². The summed E-state index contributed by atoms with van der Waals surface area (Å²) in [5.74, 6) is 2.67. The van der Waals surface area contributed by atoms with Gasteiger partial charge in [0.25, 0.3) is 0 Å². The summed E-state index contributed by atoms with van der Waals surface area (Å²) in [6.45, 7) is 0. The Balaban J connectivity index is 1.15. The average molecular weight is 676 g/mol. The Hall–Kier alpha value is -6.15. The summed E-state index contributed by atoms with van der Waals surface area (Å²) in [6, 6.07) is 52.1. The van der Waals surface area contributed by atoms with E-state index < -0.39 is 0 Å². The zero-order valence-electron chi connectivity index (χ0n) is 26.5. The highest BCUT2D eigenvalue weighted by Gasteiger charge is 2.20. The molecule has 0 saturated heterocycles. The van der Waals surface area contributed by atoms with E-state index in [1.54, 1.807) is 22.7 Å². The predicted octanol–water partition coefficient (Wildman–Crippen LogP) is 11.7. The Kier molecular flexibility index (Phi) is 6.79. The van der Waals surface area contributed by atoms with Crippen molar-refractivity contribution in [1.82, 2.24) is 24.9 Å². The van der Waals surface area contributed by atoms with Crippen LogP contribution in [-0.2, 0) is 0 Å². The molecule has 50 heavy (non-hydrogen) atoms. The van der Waals surface area contributed by atoms with Crippen molar-refractivity contribution in [2.75, 3.05) is 0 Å². The Morgan fingerprint density at radius 2 is 0.920 bits per heavy atom. The van der Waals surface area contributed by atoms with Gasteiger partial charge in [-0.15, -0.1) is 22.7 Å². The van der Waals surface area contributed by atoms with Crippen LogP contribution in [-0.4, -0.2) is 24.9 Å². The SMILES string of the molecule is c1ccc(-c2nc(-c3ccccc3)nc(-c3ccc4c(c3)sc3c(-c5nc(-c6ccccc6)c6sc7ccccc7c6n5)cccc34)n2)cc1. The van der Waals surface area contributed by atoms with Gasteiger partial charge in [0.2, 0.25) is 0 Å². The van der Waals surface area contributed by atoms with Gasteiger partial charge in [-0.05, 0) is 18.2 Å². The summed E-state index contributed by atoms with van der Waals surface area (Å²) in [6.07, 6.45) is 0. The van der Waals surface area contributed by atoms with Gasteiger partial charge < -0.3 is 0 Å². The molecule has 0 aliphatic heterocycles. The van der Waals surface area contributed by atoms with E-state index in [1.807, 2.05) is 66.7 Å². The topological polar surface area (TPSA) is 64.5 Å². The molecule has 6 aromatic carbocycles. The van der Waals surface area contributed by atoms with Crippen LogP contribution in [0.1, 0.15) is 0 Å². The number of hydrogen-bond acceptors (Lipinski definition) is 7. The maximum Gasteiger partial charge on any atom is 0.164 e. The predicted molar refractivity (Wildman–Crippen MR) is 208 cm³/mol. The van der Waals surface area contributed by atoms with Gasteiger partial charge in [0, 0.05) is 58.1 Å². The highest BCUT2D eigenvalue weighted by atomic mass is 32.1. The standard InChI is InChI=1S/C43H25N5S2/c1-4-13-26(14-5-1)36-39-37(32-19-10-11-22-34(32)49-39)45-43(44-36)33-21-12-20-31-30-24-23-29(25-35(30)50-38(31)33)42-47-40(27-15-6-2-7-16-27)46-41(48-42)28-17-8-3-9-18-28/h1-25H. The molecule has 0 unspecified atom stereocenters. The average Bonchev–Trinajstić information content (AvgIpc) is 3.76. The van der Waals surface area contributed by atoms with E-state index in [4.69, 9.17) is 24.9 Å². The molecule has 234 valence electrons. The molecule has 10 rings (SSSR count). The van der Waals surface area contributed by atoms with E-state index in [2.05, 4.69) is 84.9 Å². The minimum Gasteiger partial charge on any atom is -0.226 e. The largest absolute Gasteiger partial charge is 0.226 e. The molecule has 0 N–H and O–H groups in total. The van der Waals surface area contributed by atoms with E-state index in [0.29, 0.717) is 17.5 Å². The van der Waals surface area contributed by atoms with E-state index >= 15 is 0 Å². The van der Waals surface area contributed by atoms with Crippen LogP contribution in [0.5, 0.6) is 0 Å². The molecule has 10 aromatic rings. The van der Waals surface area contributed by atoms with Crippen molar-refractivity contribution in [2.45, 2.75) is 0 Å².